The molecule has 2 aromatic carbocycles. The van der Waals surface area contributed by atoms with Crippen molar-refractivity contribution >= 4 is 33.3 Å². The molecule has 1 N–H and O–H groups in total. The Labute approximate surface area is 158 Å². The van der Waals surface area contributed by atoms with E-state index < -0.39 is 0 Å². The van der Waals surface area contributed by atoms with Gasteiger partial charge in [0.1, 0.15) is 5.75 Å². The van der Waals surface area contributed by atoms with Crippen molar-refractivity contribution in [1.82, 2.24) is 9.55 Å². The molecule has 0 aliphatic heterocycles. The molecule has 132 valence electrons. The van der Waals surface area contributed by atoms with E-state index in [1.54, 1.807) is 60.4 Å². The summed E-state index contributed by atoms with van der Waals surface area (Å²) < 4.78 is 7.98. The number of carbonyl (C=O) groups excluding carboxylic acids is 2. The van der Waals surface area contributed by atoms with E-state index >= 15 is 0 Å². The summed E-state index contributed by atoms with van der Waals surface area (Å²) in [5.74, 6) is 0.510. The number of aryl methyl sites for hydroxylation is 1. The molecule has 7 heteroatoms. The number of rotatable bonds is 6. The largest absolute Gasteiger partial charge is 0.484 e. The lowest BCUT2D eigenvalue weighted by atomic mass is 10.1. The Morgan fingerprint density at radius 1 is 1.19 bits per heavy atom. The predicted molar refractivity (Wildman–Crippen MR) is 101 cm³/mol. The van der Waals surface area contributed by atoms with Gasteiger partial charge in [0.2, 0.25) is 5.78 Å². The third kappa shape index (κ3) is 4.37. The van der Waals surface area contributed by atoms with Crippen LogP contribution in [-0.2, 0) is 11.8 Å². The number of aromatic nitrogens is 2. The Morgan fingerprint density at radius 2 is 1.96 bits per heavy atom. The highest BCUT2D eigenvalue weighted by atomic mass is 79.9. The van der Waals surface area contributed by atoms with Gasteiger partial charge in [-0.2, -0.15) is 0 Å². The first kappa shape index (κ1) is 17.9. The van der Waals surface area contributed by atoms with Crippen molar-refractivity contribution in [3.05, 3.63) is 76.8 Å². The maximum absolute atomic E-state index is 12.4. The van der Waals surface area contributed by atoms with E-state index in [-0.39, 0.29) is 18.3 Å². The molecule has 1 heterocycles. The van der Waals surface area contributed by atoms with Crippen LogP contribution in [0.3, 0.4) is 0 Å². The van der Waals surface area contributed by atoms with E-state index in [4.69, 9.17) is 4.74 Å². The van der Waals surface area contributed by atoms with Crippen LogP contribution >= 0.6 is 15.9 Å². The van der Waals surface area contributed by atoms with Crippen molar-refractivity contribution in [3.8, 4) is 5.75 Å². The molecule has 0 atom stereocenters. The molecule has 26 heavy (non-hydrogen) atoms. The number of amides is 1. The van der Waals surface area contributed by atoms with Crippen molar-refractivity contribution in [2.24, 2.45) is 7.05 Å². The van der Waals surface area contributed by atoms with Gasteiger partial charge in [-0.15, -0.1) is 0 Å². The van der Waals surface area contributed by atoms with Gasteiger partial charge in [0, 0.05) is 35.2 Å². The quantitative estimate of drug-likeness (QED) is 0.628. The maximum Gasteiger partial charge on any atom is 0.262 e. The van der Waals surface area contributed by atoms with Gasteiger partial charge >= 0.3 is 0 Å². The number of nitrogens with one attached hydrogen (secondary N) is 1. The first-order chi connectivity index (χ1) is 12.5. The van der Waals surface area contributed by atoms with Gasteiger partial charge in [-0.25, -0.2) is 4.98 Å². The molecule has 1 amide bonds. The molecule has 0 bridgehead atoms. The average Bonchev–Trinajstić information content (AvgIpc) is 3.06. The summed E-state index contributed by atoms with van der Waals surface area (Å²) in [6.45, 7) is -0.107. The topological polar surface area (TPSA) is 73.2 Å². The highest BCUT2D eigenvalue weighted by Crippen LogP contribution is 2.18. The first-order valence-corrected chi connectivity index (χ1v) is 8.62. The number of nitrogens with zero attached hydrogens (tertiary/aromatic N) is 2. The predicted octanol–water partition coefficient (Wildman–Crippen LogP) is 3.43. The van der Waals surface area contributed by atoms with E-state index in [1.165, 1.54) is 0 Å². The molecule has 0 saturated heterocycles. The van der Waals surface area contributed by atoms with E-state index in [9.17, 15) is 9.59 Å². The smallest absolute Gasteiger partial charge is 0.262 e. The molecular weight excluding hydrogens is 398 g/mol. The molecule has 6 nitrogen and oxygen atoms in total. The fourth-order valence-corrected chi connectivity index (χ4v) is 2.70. The fourth-order valence-electron chi connectivity index (χ4n) is 2.32. The highest BCUT2D eigenvalue weighted by molar-refractivity contribution is 9.10. The SMILES string of the molecule is Cn1ccnc1C(=O)c1ccc(NC(=O)COc2cccc(Br)c2)cc1. The number of benzene rings is 2. The Balaban J connectivity index is 1.58. The number of anilines is 1. The number of halogens is 1. The fraction of sp³-hybridized carbons (Fsp3) is 0.105. The highest BCUT2D eigenvalue weighted by Gasteiger charge is 2.13. The van der Waals surface area contributed by atoms with Crippen molar-refractivity contribution in [1.29, 1.82) is 0 Å². The zero-order valence-electron chi connectivity index (χ0n) is 14.0. The lowest BCUT2D eigenvalue weighted by Gasteiger charge is -2.08. The van der Waals surface area contributed by atoms with Crippen molar-refractivity contribution in [3.63, 3.8) is 0 Å². The van der Waals surface area contributed by atoms with E-state index in [0.717, 1.165) is 4.47 Å². The molecule has 3 rings (SSSR count). The van der Waals surface area contributed by atoms with Gasteiger partial charge in [0.15, 0.2) is 12.4 Å². The molecule has 0 aliphatic carbocycles. The summed E-state index contributed by atoms with van der Waals surface area (Å²) in [6, 6.07) is 13.9. The van der Waals surface area contributed by atoms with Gasteiger partial charge in [-0.05, 0) is 42.5 Å². The molecule has 0 aliphatic rings. The molecule has 1 aromatic heterocycles. The van der Waals surface area contributed by atoms with Crippen molar-refractivity contribution in [2.45, 2.75) is 0 Å². The monoisotopic (exact) mass is 413 g/mol. The van der Waals surface area contributed by atoms with Gasteiger partial charge < -0.3 is 14.6 Å². The van der Waals surface area contributed by atoms with Crippen LogP contribution in [0.5, 0.6) is 5.75 Å². The summed E-state index contributed by atoms with van der Waals surface area (Å²) in [7, 11) is 1.76. The molecule has 0 saturated carbocycles. The Kier molecular flexibility index (Phi) is 5.48. The summed E-state index contributed by atoms with van der Waals surface area (Å²) in [5, 5.41) is 2.73. The Morgan fingerprint density at radius 3 is 2.62 bits per heavy atom. The summed E-state index contributed by atoms with van der Waals surface area (Å²) >= 11 is 3.35. The van der Waals surface area contributed by atoms with E-state index in [2.05, 4.69) is 26.2 Å². The molecule has 3 aromatic rings. The minimum Gasteiger partial charge on any atom is -0.484 e. The van der Waals surface area contributed by atoms with E-state index in [1.807, 2.05) is 12.1 Å². The number of imidazole rings is 1. The Hall–Kier alpha value is -2.93. The zero-order valence-corrected chi connectivity index (χ0v) is 15.6. The summed E-state index contributed by atoms with van der Waals surface area (Å²) in [5.41, 5.74) is 1.09. The lowest BCUT2D eigenvalue weighted by molar-refractivity contribution is -0.118. The normalized spacial score (nSPS) is 10.4. The molecular formula is C19H16BrN3O3. The third-order valence-electron chi connectivity index (χ3n) is 3.62. The lowest BCUT2D eigenvalue weighted by Crippen LogP contribution is -2.20. The van der Waals surface area contributed by atoms with Crippen LogP contribution in [0.4, 0.5) is 5.69 Å². The molecule has 0 radical (unpaired) electrons. The maximum atomic E-state index is 12.4. The van der Waals surface area contributed by atoms with Crippen LogP contribution in [0.2, 0.25) is 0 Å². The second-order valence-electron chi connectivity index (χ2n) is 5.56. The minimum atomic E-state index is -0.284. The van der Waals surface area contributed by atoms with Crippen LogP contribution in [-0.4, -0.2) is 27.8 Å². The van der Waals surface area contributed by atoms with Gasteiger partial charge in [0.25, 0.3) is 5.91 Å². The van der Waals surface area contributed by atoms with Crippen LogP contribution in [0.25, 0.3) is 0 Å². The van der Waals surface area contributed by atoms with Gasteiger partial charge in [-0.1, -0.05) is 22.0 Å². The molecule has 0 spiro atoms. The van der Waals surface area contributed by atoms with Crippen LogP contribution in [0.1, 0.15) is 16.2 Å². The van der Waals surface area contributed by atoms with Crippen LogP contribution in [0.15, 0.2) is 65.4 Å². The second kappa shape index (κ2) is 7.97. The Bertz CT molecular complexity index is 935. The second-order valence-corrected chi connectivity index (χ2v) is 6.48. The number of ether oxygens (including phenoxy) is 1. The van der Waals surface area contributed by atoms with Crippen molar-refractivity contribution < 1.29 is 14.3 Å². The number of hydrogen-bond donors (Lipinski definition) is 1. The average molecular weight is 414 g/mol. The standard InChI is InChI=1S/C19H16BrN3O3/c1-23-10-9-21-19(23)18(25)13-5-7-15(8-6-13)22-17(24)12-26-16-4-2-3-14(20)11-16/h2-11H,12H2,1H3,(H,22,24). The minimum absolute atomic E-state index is 0.107. The number of carbonyl (C=O) groups is 2. The molecule has 0 unspecified atom stereocenters. The summed E-state index contributed by atoms with van der Waals surface area (Å²) in [4.78, 5) is 28.4. The van der Waals surface area contributed by atoms with Crippen LogP contribution in [0, 0.1) is 0 Å². The van der Waals surface area contributed by atoms with E-state index in [0.29, 0.717) is 22.8 Å². The first-order valence-electron chi connectivity index (χ1n) is 7.83. The summed E-state index contributed by atoms with van der Waals surface area (Å²) in [6.07, 6.45) is 3.29. The van der Waals surface area contributed by atoms with Gasteiger partial charge in [-0.3, -0.25) is 9.59 Å². The number of hydrogen-bond acceptors (Lipinski definition) is 4. The third-order valence-corrected chi connectivity index (χ3v) is 4.11. The number of ketones is 1. The zero-order chi connectivity index (χ0) is 18.5. The van der Waals surface area contributed by atoms with Crippen molar-refractivity contribution in [2.75, 3.05) is 11.9 Å². The molecule has 0 fully saturated rings. The van der Waals surface area contributed by atoms with Crippen LogP contribution < -0.4 is 10.1 Å². The van der Waals surface area contributed by atoms with Gasteiger partial charge in [0.05, 0.1) is 0 Å².